The van der Waals surface area contributed by atoms with Gasteiger partial charge in [0.15, 0.2) is 5.78 Å². The van der Waals surface area contributed by atoms with Gasteiger partial charge in [-0.1, -0.05) is 121 Å². The number of ketones is 1. The van der Waals surface area contributed by atoms with Gasteiger partial charge in [0.05, 0.1) is 22.8 Å². The molecule has 0 saturated heterocycles. The first-order chi connectivity index (χ1) is 16.7. The van der Waals surface area contributed by atoms with Crippen molar-refractivity contribution in [3.63, 3.8) is 0 Å². The van der Waals surface area contributed by atoms with Gasteiger partial charge in [0, 0.05) is 0 Å². The molecule has 3 atom stereocenters. The highest BCUT2D eigenvalue weighted by atomic mass is 16.1. The lowest BCUT2D eigenvalue weighted by Gasteiger charge is -2.36. The fourth-order valence-corrected chi connectivity index (χ4v) is 6.37. The second kappa shape index (κ2) is 7.68. The molecule has 2 aliphatic carbocycles. The van der Waals surface area contributed by atoms with Crippen molar-refractivity contribution in [1.29, 1.82) is 5.26 Å². The normalized spacial score (nSPS) is 25.4. The topological polar surface area (TPSA) is 40.9 Å². The van der Waals surface area contributed by atoms with E-state index in [2.05, 4.69) is 30.3 Å². The van der Waals surface area contributed by atoms with Crippen LogP contribution in [0.1, 0.15) is 28.7 Å². The van der Waals surface area contributed by atoms with E-state index in [1.165, 1.54) is 0 Å². The standard InChI is InChI=1S/C32H23NO/c33-22-27-21-31(25-17-9-3-10-18-25)28(23-13-5-1-6-14-23)29(24-15-7-2-8-16-24)32(27,30(31)34)26-19-11-4-12-20-26/h1-20,27H,21H2/t27-,31-,32-/m1/s1. The van der Waals surface area contributed by atoms with Crippen LogP contribution in [0, 0.1) is 17.2 Å². The predicted molar refractivity (Wildman–Crippen MR) is 135 cm³/mol. The van der Waals surface area contributed by atoms with Crippen LogP contribution in [0.5, 0.6) is 0 Å². The van der Waals surface area contributed by atoms with Gasteiger partial charge in [-0.2, -0.15) is 5.26 Å². The number of Topliss-reactive ketones (excluding diaryl/α,β-unsaturated/α-hetero) is 1. The van der Waals surface area contributed by atoms with Gasteiger partial charge in [0.25, 0.3) is 0 Å². The summed E-state index contributed by atoms with van der Waals surface area (Å²) in [7, 11) is 0. The van der Waals surface area contributed by atoms with Crippen molar-refractivity contribution in [2.45, 2.75) is 17.3 Å². The largest absolute Gasteiger partial charge is 0.297 e. The maximum absolute atomic E-state index is 15.0. The van der Waals surface area contributed by atoms with Crippen LogP contribution in [0.3, 0.4) is 0 Å². The molecule has 0 aromatic heterocycles. The molecule has 6 rings (SSSR count). The zero-order valence-corrected chi connectivity index (χ0v) is 18.7. The SMILES string of the molecule is N#C[C@H]1C[C@]2(c3ccccc3)C(=O)[C@@]1(c1ccccc1)C(c1ccccc1)=C2c1ccccc1. The highest BCUT2D eigenvalue weighted by Crippen LogP contribution is 2.70. The van der Waals surface area contributed by atoms with Gasteiger partial charge >= 0.3 is 0 Å². The summed E-state index contributed by atoms with van der Waals surface area (Å²) in [5.74, 6) is -0.355. The second-order valence-corrected chi connectivity index (χ2v) is 9.14. The third kappa shape index (κ3) is 2.53. The molecular weight excluding hydrogens is 414 g/mol. The minimum atomic E-state index is -1.03. The zero-order chi connectivity index (χ0) is 23.2. The first-order valence-electron chi connectivity index (χ1n) is 11.7. The molecule has 0 radical (unpaired) electrons. The molecule has 34 heavy (non-hydrogen) atoms. The van der Waals surface area contributed by atoms with E-state index in [1.807, 2.05) is 97.1 Å². The zero-order valence-electron chi connectivity index (χ0n) is 18.7. The lowest BCUT2D eigenvalue weighted by molar-refractivity contribution is -0.123. The van der Waals surface area contributed by atoms with E-state index in [4.69, 9.17) is 0 Å². The molecule has 0 heterocycles. The van der Waals surface area contributed by atoms with E-state index < -0.39 is 16.7 Å². The maximum atomic E-state index is 15.0. The van der Waals surface area contributed by atoms with Crippen LogP contribution in [0.2, 0.25) is 0 Å². The van der Waals surface area contributed by atoms with Crippen molar-refractivity contribution in [3.8, 4) is 6.07 Å². The Bertz CT molecular complexity index is 1430. The van der Waals surface area contributed by atoms with Crippen molar-refractivity contribution < 1.29 is 4.79 Å². The Morgan fingerprint density at radius 3 is 1.56 bits per heavy atom. The van der Waals surface area contributed by atoms with Crippen molar-refractivity contribution in [2.24, 2.45) is 5.92 Å². The molecule has 0 N–H and O–H groups in total. The van der Waals surface area contributed by atoms with E-state index in [0.29, 0.717) is 6.42 Å². The molecule has 1 fully saturated rings. The Kier molecular flexibility index (Phi) is 4.61. The number of hydrogen-bond acceptors (Lipinski definition) is 2. The molecular formula is C32H23NO. The van der Waals surface area contributed by atoms with Gasteiger partial charge < -0.3 is 0 Å². The number of carbonyl (C=O) groups excluding carboxylic acids is 1. The summed E-state index contributed by atoms with van der Waals surface area (Å²) in [6, 6.07) is 43.0. The smallest absolute Gasteiger partial charge is 0.164 e. The Labute approximate surface area is 199 Å². The predicted octanol–water partition coefficient (Wildman–Crippen LogP) is 6.60. The Balaban J connectivity index is 1.82. The fourth-order valence-electron chi connectivity index (χ4n) is 6.37. The van der Waals surface area contributed by atoms with Crippen LogP contribution in [-0.2, 0) is 15.6 Å². The molecule has 0 amide bonds. The third-order valence-corrected chi connectivity index (χ3v) is 7.63. The Hall–Kier alpha value is -4.22. The summed E-state index contributed by atoms with van der Waals surface area (Å²) in [4.78, 5) is 15.0. The third-order valence-electron chi connectivity index (χ3n) is 7.63. The number of carbonyl (C=O) groups is 1. The molecule has 4 aromatic rings. The molecule has 162 valence electrons. The van der Waals surface area contributed by atoms with Crippen LogP contribution in [0.15, 0.2) is 121 Å². The van der Waals surface area contributed by atoms with E-state index in [1.54, 1.807) is 0 Å². The average Bonchev–Trinajstić information content (AvgIpc) is 3.32. The fraction of sp³-hybridized carbons (Fsp3) is 0.125. The van der Waals surface area contributed by atoms with Crippen LogP contribution in [0.25, 0.3) is 11.1 Å². The number of rotatable bonds is 4. The van der Waals surface area contributed by atoms with E-state index in [9.17, 15) is 10.1 Å². The van der Waals surface area contributed by atoms with Crippen LogP contribution >= 0.6 is 0 Å². The molecule has 2 bridgehead atoms. The molecule has 2 heteroatoms. The number of benzene rings is 4. The molecule has 0 aliphatic heterocycles. The Morgan fingerprint density at radius 2 is 1.06 bits per heavy atom. The second-order valence-electron chi connectivity index (χ2n) is 9.14. The van der Waals surface area contributed by atoms with E-state index >= 15 is 0 Å². The highest BCUT2D eigenvalue weighted by Gasteiger charge is 2.72. The summed E-state index contributed by atoms with van der Waals surface area (Å²) < 4.78 is 0. The molecule has 2 aliphatic rings. The first kappa shape index (κ1) is 20.4. The number of allylic oxidation sites excluding steroid dienone is 2. The number of nitriles is 1. The summed E-state index contributed by atoms with van der Waals surface area (Å²) in [5, 5.41) is 10.5. The summed E-state index contributed by atoms with van der Waals surface area (Å²) in [6.07, 6.45) is 0.474. The van der Waals surface area contributed by atoms with Gasteiger partial charge in [-0.3, -0.25) is 4.79 Å². The lowest BCUT2D eigenvalue weighted by atomic mass is 9.63. The molecule has 0 spiro atoms. The minimum Gasteiger partial charge on any atom is -0.297 e. The molecule has 1 saturated carbocycles. The van der Waals surface area contributed by atoms with Gasteiger partial charge in [0.2, 0.25) is 0 Å². The summed E-state index contributed by atoms with van der Waals surface area (Å²) >= 11 is 0. The van der Waals surface area contributed by atoms with E-state index in [-0.39, 0.29) is 5.78 Å². The van der Waals surface area contributed by atoms with Crippen LogP contribution in [0.4, 0.5) is 0 Å². The molecule has 2 nitrogen and oxygen atoms in total. The summed E-state index contributed by atoms with van der Waals surface area (Å²) in [6.45, 7) is 0. The molecule has 0 unspecified atom stereocenters. The Morgan fingerprint density at radius 1 is 0.618 bits per heavy atom. The van der Waals surface area contributed by atoms with Crippen molar-refractivity contribution in [3.05, 3.63) is 144 Å². The average molecular weight is 438 g/mol. The van der Waals surface area contributed by atoms with Crippen LogP contribution in [-0.4, -0.2) is 5.78 Å². The number of hydrogen-bond donors (Lipinski definition) is 0. The number of fused-ring (bicyclic) bond motifs is 2. The van der Waals surface area contributed by atoms with Crippen molar-refractivity contribution in [2.75, 3.05) is 0 Å². The summed E-state index contributed by atoms with van der Waals surface area (Å²) in [5.41, 5.74) is 3.98. The van der Waals surface area contributed by atoms with Gasteiger partial charge in [0.1, 0.15) is 0 Å². The first-order valence-corrected chi connectivity index (χ1v) is 11.7. The van der Waals surface area contributed by atoms with Crippen molar-refractivity contribution >= 4 is 16.9 Å². The maximum Gasteiger partial charge on any atom is 0.164 e. The molecule has 4 aromatic carbocycles. The van der Waals surface area contributed by atoms with Gasteiger partial charge in [-0.25, -0.2) is 0 Å². The van der Waals surface area contributed by atoms with Gasteiger partial charge in [-0.05, 0) is 39.8 Å². The van der Waals surface area contributed by atoms with E-state index in [0.717, 1.165) is 33.4 Å². The van der Waals surface area contributed by atoms with Crippen molar-refractivity contribution in [1.82, 2.24) is 0 Å². The van der Waals surface area contributed by atoms with Crippen LogP contribution < -0.4 is 0 Å². The quantitative estimate of drug-likeness (QED) is 0.361. The monoisotopic (exact) mass is 437 g/mol. The lowest BCUT2D eigenvalue weighted by Crippen LogP contribution is -2.38. The minimum absolute atomic E-state index is 0.113. The number of nitrogens with zero attached hydrogens (tertiary/aromatic N) is 1. The highest BCUT2D eigenvalue weighted by molar-refractivity contribution is 6.29. The van der Waals surface area contributed by atoms with Gasteiger partial charge in [-0.15, -0.1) is 0 Å².